The molecule has 3 aromatic rings. The van der Waals surface area contributed by atoms with Gasteiger partial charge in [0.1, 0.15) is 12.0 Å². The van der Waals surface area contributed by atoms with Crippen LogP contribution in [0.1, 0.15) is 5.56 Å². The molecule has 0 aliphatic carbocycles. The van der Waals surface area contributed by atoms with Gasteiger partial charge in [-0.05, 0) is 17.1 Å². The van der Waals surface area contributed by atoms with E-state index in [4.69, 9.17) is 11.6 Å². The molecule has 4 rings (SSSR count). The van der Waals surface area contributed by atoms with Crippen LogP contribution < -0.4 is 4.90 Å². The molecule has 1 aliphatic heterocycles. The van der Waals surface area contributed by atoms with Crippen LogP contribution in [0.5, 0.6) is 0 Å². The first-order valence-corrected chi connectivity index (χ1v) is 9.30. The van der Waals surface area contributed by atoms with Gasteiger partial charge in [-0.1, -0.05) is 29.0 Å². The van der Waals surface area contributed by atoms with Crippen LogP contribution in [0.25, 0.3) is 4.96 Å². The normalized spacial score (nSPS) is 15.7. The minimum Gasteiger partial charge on any atom is -0.358 e. The molecule has 0 saturated carbocycles. The highest BCUT2D eigenvalue weighted by atomic mass is 35.5. The molecule has 136 valence electrons. The summed E-state index contributed by atoms with van der Waals surface area (Å²) in [5.74, 6) is 0.0715. The van der Waals surface area contributed by atoms with Crippen molar-refractivity contribution in [3.05, 3.63) is 56.3 Å². The number of hydrogen-bond donors (Lipinski definition) is 0. The fraction of sp³-hybridized carbons (Fsp3) is 0.312. The maximum absolute atomic E-state index is 14.0. The number of nitro groups is 1. The zero-order chi connectivity index (χ0) is 18.3. The summed E-state index contributed by atoms with van der Waals surface area (Å²) in [5, 5.41) is 13.7. The third-order valence-electron chi connectivity index (χ3n) is 4.51. The van der Waals surface area contributed by atoms with E-state index in [-0.39, 0.29) is 11.6 Å². The van der Waals surface area contributed by atoms with Gasteiger partial charge in [0.25, 0.3) is 4.96 Å². The lowest BCUT2D eigenvalue weighted by Crippen LogP contribution is -2.46. The van der Waals surface area contributed by atoms with Crippen molar-refractivity contribution in [2.75, 3.05) is 31.1 Å². The smallest absolute Gasteiger partial charge is 0.358 e. The number of hydrogen-bond acceptors (Lipinski definition) is 6. The predicted molar refractivity (Wildman–Crippen MR) is 98.6 cm³/mol. The highest BCUT2D eigenvalue weighted by molar-refractivity contribution is 7.15. The molecule has 1 saturated heterocycles. The molecule has 3 heterocycles. The second-order valence-electron chi connectivity index (χ2n) is 6.04. The molecule has 0 atom stereocenters. The van der Waals surface area contributed by atoms with Gasteiger partial charge in [0.05, 0.1) is 0 Å². The standard InChI is InChI=1S/C16H15ClFN5O2S/c17-12-2-1-3-13(18)11(12)10-20-4-6-21(7-5-20)14-15(23(24)25)22-8-9-26-16(22)19-14/h1-3,8-9H,4-7,10H2. The average Bonchev–Trinajstić information content (AvgIpc) is 3.19. The molecule has 0 unspecified atom stereocenters. The van der Waals surface area contributed by atoms with Crippen LogP contribution in [0.3, 0.4) is 0 Å². The number of benzene rings is 1. The van der Waals surface area contributed by atoms with Crippen LogP contribution in [0.4, 0.5) is 16.0 Å². The Bertz CT molecular complexity index is 947. The Morgan fingerprint density at radius 2 is 2.08 bits per heavy atom. The van der Waals surface area contributed by atoms with E-state index in [0.29, 0.717) is 54.1 Å². The minimum atomic E-state index is -0.395. The summed E-state index contributed by atoms with van der Waals surface area (Å²) in [7, 11) is 0. The van der Waals surface area contributed by atoms with Gasteiger partial charge in [0, 0.05) is 48.7 Å². The number of thiazole rings is 1. The van der Waals surface area contributed by atoms with E-state index in [9.17, 15) is 14.5 Å². The highest BCUT2D eigenvalue weighted by Crippen LogP contribution is 2.32. The molecular formula is C16H15ClFN5O2S. The molecule has 0 bridgehead atoms. The molecule has 1 fully saturated rings. The monoisotopic (exact) mass is 395 g/mol. The van der Waals surface area contributed by atoms with Gasteiger partial charge in [-0.15, -0.1) is 0 Å². The predicted octanol–water partition coefficient (Wildman–Crippen LogP) is 3.42. The Labute approximate surface area is 157 Å². The first-order chi connectivity index (χ1) is 12.5. The van der Waals surface area contributed by atoms with E-state index in [1.165, 1.54) is 21.8 Å². The first-order valence-electron chi connectivity index (χ1n) is 8.04. The Morgan fingerprint density at radius 3 is 2.77 bits per heavy atom. The summed E-state index contributed by atoms with van der Waals surface area (Å²) in [4.78, 5) is 20.1. The van der Waals surface area contributed by atoms with Gasteiger partial charge in [0.2, 0.25) is 5.82 Å². The number of imidazole rings is 1. The molecule has 26 heavy (non-hydrogen) atoms. The largest absolute Gasteiger partial charge is 0.373 e. The number of anilines is 1. The zero-order valence-electron chi connectivity index (χ0n) is 13.6. The summed E-state index contributed by atoms with van der Waals surface area (Å²) in [5.41, 5.74) is 0.483. The lowest BCUT2D eigenvalue weighted by atomic mass is 10.2. The SMILES string of the molecule is O=[N+]([O-])c1c(N2CCN(Cc3c(F)cccc3Cl)CC2)nc2sccn12. The van der Waals surface area contributed by atoms with Crippen LogP contribution in [-0.4, -0.2) is 45.4 Å². The Balaban J connectivity index is 1.50. The van der Waals surface area contributed by atoms with Crippen LogP contribution in [0.2, 0.25) is 5.02 Å². The maximum Gasteiger partial charge on any atom is 0.373 e. The van der Waals surface area contributed by atoms with E-state index >= 15 is 0 Å². The molecule has 0 radical (unpaired) electrons. The number of rotatable bonds is 4. The number of halogens is 2. The summed E-state index contributed by atoms with van der Waals surface area (Å²) >= 11 is 7.46. The van der Waals surface area contributed by atoms with Crippen molar-refractivity contribution in [3.63, 3.8) is 0 Å². The Hall–Kier alpha value is -2.23. The summed E-state index contributed by atoms with van der Waals surface area (Å²) in [6, 6.07) is 4.67. The van der Waals surface area contributed by atoms with E-state index < -0.39 is 4.92 Å². The van der Waals surface area contributed by atoms with E-state index in [0.717, 1.165) is 0 Å². The van der Waals surface area contributed by atoms with E-state index in [1.807, 2.05) is 4.90 Å². The maximum atomic E-state index is 14.0. The summed E-state index contributed by atoms with van der Waals surface area (Å²) in [6.07, 6.45) is 1.66. The van der Waals surface area contributed by atoms with Crippen molar-refractivity contribution in [2.45, 2.75) is 6.54 Å². The number of aromatic nitrogens is 2. The van der Waals surface area contributed by atoms with Gasteiger partial charge in [-0.25, -0.2) is 4.39 Å². The Kier molecular flexibility index (Phi) is 4.51. The quantitative estimate of drug-likeness (QED) is 0.500. The molecule has 10 heteroatoms. The van der Waals surface area contributed by atoms with Crippen molar-refractivity contribution in [1.29, 1.82) is 0 Å². The van der Waals surface area contributed by atoms with Crippen molar-refractivity contribution in [1.82, 2.24) is 14.3 Å². The van der Waals surface area contributed by atoms with E-state index in [2.05, 4.69) is 9.88 Å². The molecule has 0 spiro atoms. The second-order valence-corrected chi connectivity index (χ2v) is 7.32. The van der Waals surface area contributed by atoms with Crippen molar-refractivity contribution in [3.8, 4) is 0 Å². The van der Waals surface area contributed by atoms with Gasteiger partial charge < -0.3 is 15.0 Å². The van der Waals surface area contributed by atoms with Crippen molar-refractivity contribution >= 4 is 39.5 Å². The summed E-state index contributed by atoms with van der Waals surface area (Å²) < 4.78 is 15.5. The molecular weight excluding hydrogens is 381 g/mol. The van der Waals surface area contributed by atoms with Gasteiger partial charge in [-0.3, -0.25) is 4.90 Å². The summed E-state index contributed by atoms with van der Waals surface area (Å²) in [6.45, 7) is 2.87. The van der Waals surface area contributed by atoms with Gasteiger partial charge in [0.15, 0.2) is 0 Å². The van der Waals surface area contributed by atoms with Crippen LogP contribution in [0, 0.1) is 15.9 Å². The lowest BCUT2D eigenvalue weighted by Gasteiger charge is -2.34. The molecule has 2 aromatic heterocycles. The van der Waals surface area contributed by atoms with Gasteiger partial charge >= 0.3 is 5.82 Å². The average molecular weight is 396 g/mol. The Morgan fingerprint density at radius 1 is 1.31 bits per heavy atom. The van der Waals surface area contributed by atoms with Crippen molar-refractivity contribution in [2.24, 2.45) is 0 Å². The van der Waals surface area contributed by atoms with E-state index in [1.54, 1.807) is 23.7 Å². The number of nitrogens with zero attached hydrogens (tertiary/aromatic N) is 5. The minimum absolute atomic E-state index is 0.00755. The molecule has 0 amide bonds. The fourth-order valence-electron chi connectivity index (χ4n) is 3.17. The van der Waals surface area contributed by atoms with Crippen LogP contribution in [-0.2, 0) is 6.54 Å². The first kappa shape index (κ1) is 17.2. The second kappa shape index (κ2) is 6.82. The molecule has 1 aliphatic rings. The van der Waals surface area contributed by atoms with Gasteiger partial charge in [-0.2, -0.15) is 9.38 Å². The third kappa shape index (κ3) is 3.02. The third-order valence-corrected chi connectivity index (χ3v) is 5.62. The number of piperazine rings is 1. The zero-order valence-corrected chi connectivity index (χ0v) is 15.2. The molecule has 0 N–H and O–H groups in total. The van der Waals surface area contributed by atoms with Crippen LogP contribution in [0.15, 0.2) is 29.8 Å². The molecule has 1 aromatic carbocycles. The fourth-order valence-corrected chi connectivity index (χ4v) is 4.10. The topological polar surface area (TPSA) is 66.9 Å². The molecule has 7 nitrogen and oxygen atoms in total. The van der Waals surface area contributed by atoms with Crippen molar-refractivity contribution < 1.29 is 9.31 Å². The lowest BCUT2D eigenvalue weighted by molar-refractivity contribution is -0.389. The highest BCUT2D eigenvalue weighted by Gasteiger charge is 2.30. The number of fused-ring (bicyclic) bond motifs is 1. The van der Waals surface area contributed by atoms with Crippen LogP contribution >= 0.6 is 22.9 Å².